The lowest BCUT2D eigenvalue weighted by atomic mass is 10.0. The number of carbonyl (C=O) groups is 1. The van der Waals surface area contributed by atoms with Crippen molar-refractivity contribution in [3.63, 3.8) is 0 Å². The monoisotopic (exact) mass is 354 g/mol. The Morgan fingerprint density at radius 1 is 1.42 bits per heavy atom. The van der Waals surface area contributed by atoms with Gasteiger partial charge in [-0.3, -0.25) is 9.89 Å². The summed E-state index contributed by atoms with van der Waals surface area (Å²) >= 11 is 0. The highest BCUT2D eigenvalue weighted by atomic mass is 16.5. The number of rotatable bonds is 5. The van der Waals surface area contributed by atoms with Crippen LogP contribution in [0.5, 0.6) is 5.75 Å². The van der Waals surface area contributed by atoms with E-state index in [9.17, 15) is 4.79 Å². The molecule has 1 aliphatic heterocycles. The lowest BCUT2D eigenvalue weighted by Gasteiger charge is -2.32. The van der Waals surface area contributed by atoms with Crippen LogP contribution in [0, 0.1) is 25.2 Å². The second-order valence-corrected chi connectivity index (χ2v) is 6.42. The molecule has 7 heteroatoms. The first kappa shape index (κ1) is 18.0. The number of nitriles is 1. The predicted octanol–water partition coefficient (Wildman–Crippen LogP) is 1.79. The van der Waals surface area contributed by atoms with Crippen molar-refractivity contribution < 1.29 is 14.3 Å². The second kappa shape index (κ2) is 8.02. The molecule has 0 saturated carbocycles. The number of amides is 1. The van der Waals surface area contributed by atoms with E-state index in [1.807, 2.05) is 13.8 Å². The normalized spacial score (nSPS) is 19.6. The zero-order chi connectivity index (χ0) is 18.5. The molecule has 0 unspecified atom stereocenters. The Kier molecular flexibility index (Phi) is 5.54. The molecule has 3 rings (SSSR count). The van der Waals surface area contributed by atoms with Crippen molar-refractivity contribution in [2.75, 3.05) is 13.2 Å². The maximum Gasteiger partial charge on any atom is 0.224 e. The Morgan fingerprint density at radius 2 is 2.19 bits per heavy atom. The van der Waals surface area contributed by atoms with Crippen molar-refractivity contribution in [3.8, 4) is 11.8 Å². The van der Waals surface area contributed by atoms with Gasteiger partial charge in [0.2, 0.25) is 5.91 Å². The van der Waals surface area contributed by atoms with Gasteiger partial charge in [0.25, 0.3) is 0 Å². The first-order valence-electron chi connectivity index (χ1n) is 8.61. The second-order valence-electron chi connectivity index (χ2n) is 6.42. The van der Waals surface area contributed by atoms with Gasteiger partial charge >= 0.3 is 0 Å². The summed E-state index contributed by atoms with van der Waals surface area (Å²) in [7, 11) is 0. The van der Waals surface area contributed by atoms with Crippen LogP contribution in [0.1, 0.15) is 28.9 Å². The van der Waals surface area contributed by atoms with Crippen LogP contribution in [0.25, 0.3) is 0 Å². The van der Waals surface area contributed by atoms with E-state index in [0.29, 0.717) is 30.9 Å². The molecule has 1 saturated heterocycles. The van der Waals surface area contributed by atoms with Gasteiger partial charge in [-0.2, -0.15) is 10.4 Å². The highest BCUT2D eigenvalue weighted by Crippen LogP contribution is 2.19. The minimum Gasteiger partial charge on any atom is -0.488 e. The minimum absolute atomic E-state index is 0.0819. The largest absolute Gasteiger partial charge is 0.488 e. The van der Waals surface area contributed by atoms with Crippen molar-refractivity contribution in [1.29, 1.82) is 5.26 Å². The van der Waals surface area contributed by atoms with Gasteiger partial charge in [-0.1, -0.05) is 0 Å². The number of hydrogen-bond acceptors (Lipinski definition) is 5. The molecule has 1 amide bonds. The lowest BCUT2D eigenvalue weighted by Crippen LogP contribution is -2.52. The summed E-state index contributed by atoms with van der Waals surface area (Å²) in [6, 6.07) is 8.83. The Morgan fingerprint density at radius 3 is 2.85 bits per heavy atom. The van der Waals surface area contributed by atoms with E-state index >= 15 is 0 Å². The smallest absolute Gasteiger partial charge is 0.224 e. The minimum atomic E-state index is -0.223. The Labute approximate surface area is 152 Å². The number of aryl methyl sites for hydroxylation is 2. The number of carbonyl (C=O) groups excluding carboxylic acids is 1. The van der Waals surface area contributed by atoms with E-state index in [-0.39, 0.29) is 24.5 Å². The summed E-state index contributed by atoms with van der Waals surface area (Å²) in [5.41, 5.74) is 3.25. The number of H-pyrrole nitrogens is 1. The number of aromatic nitrogens is 2. The van der Waals surface area contributed by atoms with Crippen molar-refractivity contribution >= 4 is 5.91 Å². The van der Waals surface area contributed by atoms with Crippen LogP contribution in [-0.2, 0) is 16.0 Å². The number of hydrogen-bond donors (Lipinski definition) is 2. The van der Waals surface area contributed by atoms with Crippen LogP contribution in [-0.4, -0.2) is 41.5 Å². The standard InChI is InChI=1S/C19H22N4O3/c1-12-16(13(2)23-22-12)9-19(24)21-17-11-25-8-7-18(17)26-15-5-3-14(10-20)4-6-15/h3-6,17-18H,7-9,11H2,1-2H3,(H,21,24)(H,22,23)/t17-,18-/m1/s1. The fourth-order valence-corrected chi connectivity index (χ4v) is 3.03. The van der Waals surface area contributed by atoms with Crippen LogP contribution in [0.15, 0.2) is 24.3 Å². The predicted molar refractivity (Wildman–Crippen MR) is 94.7 cm³/mol. The fraction of sp³-hybridized carbons (Fsp3) is 0.421. The van der Waals surface area contributed by atoms with Gasteiger partial charge in [-0.25, -0.2) is 0 Å². The number of nitrogens with one attached hydrogen (secondary N) is 2. The molecular weight excluding hydrogens is 332 g/mol. The molecule has 26 heavy (non-hydrogen) atoms. The molecule has 2 atom stereocenters. The van der Waals surface area contributed by atoms with Crippen LogP contribution >= 0.6 is 0 Å². The maximum atomic E-state index is 12.5. The number of benzene rings is 1. The summed E-state index contributed by atoms with van der Waals surface area (Å²) in [6.07, 6.45) is 0.787. The van der Waals surface area contributed by atoms with Crippen molar-refractivity contribution in [3.05, 3.63) is 46.8 Å². The molecule has 1 aromatic heterocycles. The Balaban J connectivity index is 1.63. The van der Waals surface area contributed by atoms with Crippen molar-refractivity contribution in [1.82, 2.24) is 15.5 Å². The molecule has 1 aromatic carbocycles. The number of aromatic amines is 1. The molecule has 0 bridgehead atoms. The summed E-state index contributed by atoms with van der Waals surface area (Å²) in [5, 5.41) is 18.9. The van der Waals surface area contributed by atoms with Crippen LogP contribution in [0.2, 0.25) is 0 Å². The zero-order valence-corrected chi connectivity index (χ0v) is 14.9. The molecular formula is C19H22N4O3. The molecule has 136 valence electrons. The maximum absolute atomic E-state index is 12.5. The molecule has 0 aliphatic carbocycles. The van der Waals surface area contributed by atoms with Gasteiger partial charge in [-0.05, 0) is 38.1 Å². The van der Waals surface area contributed by atoms with E-state index in [1.54, 1.807) is 24.3 Å². The van der Waals surface area contributed by atoms with Gasteiger partial charge in [0.1, 0.15) is 11.9 Å². The van der Waals surface area contributed by atoms with E-state index < -0.39 is 0 Å². The zero-order valence-electron chi connectivity index (χ0n) is 14.9. The molecule has 7 nitrogen and oxygen atoms in total. The summed E-state index contributed by atoms with van der Waals surface area (Å²) in [4.78, 5) is 12.5. The lowest BCUT2D eigenvalue weighted by molar-refractivity contribution is -0.123. The quantitative estimate of drug-likeness (QED) is 0.853. The van der Waals surface area contributed by atoms with E-state index in [1.165, 1.54) is 0 Å². The van der Waals surface area contributed by atoms with Crippen LogP contribution < -0.4 is 10.1 Å². The molecule has 2 aromatic rings. The molecule has 1 fully saturated rings. The number of ether oxygens (including phenoxy) is 2. The highest BCUT2D eigenvalue weighted by Gasteiger charge is 2.29. The summed E-state index contributed by atoms with van der Waals surface area (Å²) in [5.74, 6) is 0.596. The van der Waals surface area contributed by atoms with Gasteiger partial charge in [0, 0.05) is 17.7 Å². The Bertz CT molecular complexity index is 788. The average molecular weight is 354 g/mol. The van der Waals surface area contributed by atoms with E-state index in [0.717, 1.165) is 17.0 Å². The molecule has 2 heterocycles. The molecule has 0 spiro atoms. The average Bonchev–Trinajstić information content (AvgIpc) is 2.96. The third kappa shape index (κ3) is 4.21. The molecule has 2 N–H and O–H groups in total. The number of nitrogens with zero attached hydrogens (tertiary/aromatic N) is 2. The van der Waals surface area contributed by atoms with E-state index in [2.05, 4.69) is 21.6 Å². The van der Waals surface area contributed by atoms with Gasteiger partial charge in [0.15, 0.2) is 0 Å². The third-order valence-electron chi connectivity index (χ3n) is 4.53. The van der Waals surface area contributed by atoms with Crippen molar-refractivity contribution in [2.45, 2.75) is 38.8 Å². The molecule has 0 radical (unpaired) electrons. The van der Waals surface area contributed by atoms with Gasteiger partial charge < -0.3 is 14.8 Å². The summed E-state index contributed by atoms with van der Waals surface area (Å²) < 4.78 is 11.5. The first-order valence-corrected chi connectivity index (χ1v) is 8.61. The topological polar surface area (TPSA) is 100 Å². The fourth-order valence-electron chi connectivity index (χ4n) is 3.03. The first-order chi connectivity index (χ1) is 12.6. The van der Waals surface area contributed by atoms with Crippen LogP contribution in [0.3, 0.4) is 0 Å². The molecule has 1 aliphatic rings. The van der Waals surface area contributed by atoms with E-state index in [4.69, 9.17) is 14.7 Å². The van der Waals surface area contributed by atoms with Crippen molar-refractivity contribution in [2.24, 2.45) is 0 Å². The van der Waals surface area contributed by atoms with Gasteiger partial charge in [-0.15, -0.1) is 0 Å². The third-order valence-corrected chi connectivity index (χ3v) is 4.53. The van der Waals surface area contributed by atoms with Gasteiger partial charge in [0.05, 0.1) is 43.0 Å². The SMILES string of the molecule is Cc1n[nH]c(C)c1CC(=O)N[C@@H]1COCC[C@H]1Oc1ccc(C#N)cc1. The Hall–Kier alpha value is -2.85. The van der Waals surface area contributed by atoms with Crippen LogP contribution in [0.4, 0.5) is 0 Å². The highest BCUT2D eigenvalue weighted by molar-refractivity contribution is 5.79. The summed E-state index contributed by atoms with van der Waals surface area (Å²) in [6.45, 7) is 4.79.